The number of para-hydroxylation sites is 1. The molecule has 0 atom stereocenters. The molecule has 0 spiro atoms. The van der Waals surface area contributed by atoms with Crippen LogP contribution in [0.1, 0.15) is 29.1 Å². The minimum Gasteiger partial charge on any atom is -0.495 e. The molecule has 1 amide bonds. The lowest BCUT2D eigenvalue weighted by Crippen LogP contribution is -2.48. The Morgan fingerprint density at radius 2 is 1.93 bits per heavy atom. The van der Waals surface area contributed by atoms with Crippen LogP contribution >= 0.6 is 32.9 Å². The van der Waals surface area contributed by atoms with E-state index in [1.165, 1.54) is 22.5 Å². The molecule has 0 unspecified atom stereocenters. The SMILES string of the molecule is COc1cccc2c1N(C(=O)c1cccc(F)c1)C(C)(C)c1ssc(=S)c1-2. The van der Waals surface area contributed by atoms with Gasteiger partial charge in [-0.2, -0.15) is 0 Å². The number of nitrogens with zero attached hydrogens (tertiary/aromatic N) is 1. The topological polar surface area (TPSA) is 29.5 Å². The van der Waals surface area contributed by atoms with E-state index < -0.39 is 11.4 Å². The molecule has 3 nitrogen and oxygen atoms in total. The zero-order valence-corrected chi connectivity index (χ0v) is 17.4. The van der Waals surface area contributed by atoms with E-state index in [0.717, 1.165) is 19.8 Å². The van der Waals surface area contributed by atoms with Crippen molar-refractivity contribution < 1.29 is 13.9 Å². The van der Waals surface area contributed by atoms with Crippen LogP contribution in [0.15, 0.2) is 42.5 Å². The van der Waals surface area contributed by atoms with Crippen molar-refractivity contribution in [2.24, 2.45) is 0 Å². The molecule has 0 radical (unpaired) electrons. The Hall–Kier alpha value is -2.09. The van der Waals surface area contributed by atoms with Crippen LogP contribution in [0.5, 0.6) is 5.75 Å². The van der Waals surface area contributed by atoms with Crippen LogP contribution in [0.3, 0.4) is 0 Å². The molecule has 3 aromatic rings. The lowest BCUT2D eigenvalue weighted by Gasteiger charge is -2.43. The zero-order valence-electron chi connectivity index (χ0n) is 14.9. The molecular weight excluding hydrogens is 401 g/mol. The number of anilines is 1. The maximum absolute atomic E-state index is 13.8. The molecule has 0 aliphatic carbocycles. The van der Waals surface area contributed by atoms with E-state index in [1.54, 1.807) is 34.5 Å². The van der Waals surface area contributed by atoms with Crippen molar-refractivity contribution in [3.8, 4) is 16.9 Å². The first-order valence-electron chi connectivity index (χ1n) is 8.27. The van der Waals surface area contributed by atoms with Crippen molar-refractivity contribution in [1.29, 1.82) is 0 Å². The number of halogens is 1. The predicted octanol–water partition coefficient (Wildman–Crippen LogP) is 6.25. The lowest BCUT2D eigenvalue weighted by atomic mass is 9.86. The fourth-order valence-corrected chi connectivity index (χ4v) is 6.78. The quantitative estimate of drug-likeness (QED) is 0.365. The van der Waals surface area contributed by atoms with Crippen molar-refractivity contribution >= 4 is 44.5 Å². The summed E-state index contributed by atoms with van der Waals surface area (Å²) in [5, 5.41) is 0. The van der Waals surface area contributed by atoms with E-state index in [4.69, 9.17) is 17.0 Å². The Kier molecular flexibility index (Phi) is 4.41. The van der Waals surface area contributed by atoms with Gasteiger partial charge in [0.05, 0.1) is 23.2 Å². The van der Waals surface area contributed by atoms with E-state index in [0.29, 0.717) is 17.0 Å². The minimum absolute atomic E-state index is 0.278. The average Bonchev–Trinajstić information content (AvgIpc) is 3.04. The molecule has 1 aliphatic heterocycles. The Balaban J connectivity index is 2.03. The summed E-state index contributed by atoms with van der Waals surface area (Å²) in [7, 11) is 4.69. The largest absolute Gasteiger partial charge is 0.495 e. The Morgan fingerprint density at radius 3 is 2.63 bits per heavy atom. The van der Waals surface area contributed by atoms with Gasteiger partial charge in [-0.1, -0.05) is 51.1 Å². The van der Waals surface area contributed by atoms with Gasteiger partial charge in [-0.15, -0.1) is 0 Å². The molecule has 0 fully saturated rings. The van der Waals surface area contributed by atoms with Crippen LogP contribution in [-0.2, 0) is 5.54 Å². The van der Waals surface area contributed by atoms with Gasteiger partial charge >= 0.3 is 0 Å². The van der Waals surface area contributed by atoms with Gasteiger partial charge in [0.15, 0.2) is 0 Å². The molecule has 0 saturated carbocycles. The molecule has 1 aliphatic rings. The van der Waals surface area contributed by atoms with Crippen LogP contribution in [0.25, 0.3) is 11.1 Å². The van der Waals surface area contributed by atoms with E-state index >= 15 is 0 Å². The standard InChI is InChI=1S/C20H16FNO2S3/c1-20(2)17-15(19(25)27-26-17)13-8-5-9-14(24-3)16(13)22(20)18(23)11-6-4-7-12(21)10-11/h4-10H,1-3H3. The van der Waals surface area contributed by atoms with E-state index in [1.807, 2.05) is 32.0 Å². The van der Waals surface area contributed by atoms with E-state index in [-0.39, 0.29) is 5.91 Å². The predicted molar refractivity (Wildman–Crippen MR) is 111 cm³/mol. The number of benzene rings is 2. The molecule has 0 N–H and O–H groups in total. The number of hydrogen-bond acceptors (Lipinski definition) is 5. The number of carbonyl (C=O) groups is 1. The second-order valence-corrected chi connectivity index (χ2v) is 9.54. The first kappa shape index (κ1) is 18.3. The number of rotatable bonds is 2. The summed E-state index contributed by atoms with van der Waals surface area (Å²) >= 11 is 5.58. The fraction of sp³-hybridized carbons (Fsp3) is 0.200. The van der Waals surface area contributed by atoms with Crippen molar-refractivity contribution in [2.75, 3.05) is 12.0 Å². The molecule has 1 aromatic heterocycles. The van der Waals surface area contributed by atoms with Gasteiger partial charge in [0.25, 0.3) is 5.91 Å². The van der Waals surface area contributed by atoms with Crippen LogP contribution in [0, 0.1) is 9.64 Å². The molecule has 27 heavy (non-hydrogen) atoms. The van der Waals surface area contributed by atoms with Gasteiger partial charge < -0.3 is 4.74 Å². The van der Waals surface area contributed by atoms with Gasteiger partial charge in [-0.3, -0.25) is 9.69 Å². The summed E-state index contributed by atoms with van der Waals surface area (Å²) in [6, 6.07) is 11.4. The van der Waals surface area contributed by atoms with Crippen molar-refractivity contribution in [3.63, 3.8) is 0 Å². The number of amides is 1. The molecule has 0 bridgehead atoms. The lowest BCUT2D eigenvalue weighted by molar-refractivity contribution is 0.0960. The van der Waals surface area contributed by atoms with Crippen LogP contribution in [0.2, 0.25) is 0 Å². The Morgan fingerprint density at radius 1 is 1.19 bits per heavy atom. The normalized spacial score (nSPS) is 14.4. The summed E-state index contributed by atoms with van der Waals surface area (Å²) in [6.07, 6.45) is 0. The number of carbonyl (C=O) groups excluding carboxylic acids is 1. The second kappa shape index (κ2) is 6.51. The van der Waals surface area contributed by atoms with Gasteiger partial charge in [0.2, 0.25) is 0 Å². The van der Waals surface area contributed by atoms with E-state index in [9.17, 15) is 9.18 Å². The number of ether oxygens (including phenoxy) is 1. The number of fused-ring (bicyclic) bond motifs is 3. The molecule has 4 rings (SSSR count). The monoisotopic (exact) mass is 417 g/mol. The summed E-state index contributed by atoms with van der Waals surface area (Å²) in [4.78, 5) is 16.2. The van der Waals surface area contributed by atoms with Gasteiger partial charge in [0, 0.05) is 16.7 Å². The zero-order chi connectivity index (χ0) is 19.3. The fourth-order valence-electron chi connectivity index (χ4n) is 3.50. The van der Waals surface area contributed by atoms with Crippen LogP contribution < -0.4 is 9.64 Å². The molecule has 2 heterocycles. The van der Waals surface area contributed by atoms with E-state index in [2.05, 4.69) is 0 Å². The Labute approximate surface area is 169 Å². The third-order valence-corrected chi connectivity index (χ3v) is 8.06. The number of hydrogen-bond donors (Lipinski definition) is 0. The second-order valence-electron chi connectivity index (χ2n) is 6.72. The Bertz CT molecular complexity index is 1120. The van der Waals surface area contributed by atoms with Crippen molar-refractivity contribution in [3.05, 3.63) is 62.5 Å². The highest BCUT2D eigenvalue weighted by atomic mass is 32.9. The molecule has 138 valence electrons. The van der Waals surface area contributed by atoms with Crippen molar-refractivity contribution in [1.82, 2.24) is 0 Å². The summed E-state index contributed by atoms with van der Waals surface area (Å²) in [5.41, 5.74) is 2.17. The average molecular weight is 418 g/mol. The summed E-state index contributed by atoms with van der Waals surface area (Å²) < 4.78 is 20.1. The van der Waals surface area contributed by atoms with Crippen LogP contribution in [-0.4, -0.2) is 13.0 Å². The van der Waals surface area contributed by atoms with Crippen LogP contribution in [0.4, 0.5) is 10.1 Å². The molecular formula is C20H16FNO2S3. The molecule has 2 aromatic carbocycles. The van der Waals surface area contributed by atoms with Crippen molar-refractivity contribution in [2.45, 2.75) is 19.4 Å². The third kappa shape index (κ3) is 2.72. The van der Waals surface area contributed by atoms with Gasteiger partial charge in [-0.25, -0.2) is 4.39 Å². The smallest absolute Gasteiger partial charge is 0.259 e. The van der Waals surface area contributed by atoms with Gasteiger partial charge in [-0.05, 0) is 38.1 Å². The van der Waals surface area contributed by atoms with Gasteiger partial charge in [0.1, 0.15) is 15.4 Å². The highest BCUT2D eigenvalue weighted by Gasteiger charge is 2.44. The molecule has 0 saturated heterocycles. The highest BCUT2D eigenvalue weighted by Crippen LogP contribution is 2.55. The first-order chi connectivity index (χ1) is 12.9. The third-order valence-electron chi connectivity index (χ3n) is 4.73. The molecule has 7 heteroatoms. The highest BCUT2D eigenvalue weighted by molar-refractivity contribution is 7.80. The first-order valence-corrected chi connectivity index (χ1v) is 10.8. The minimum atomic E-state index is -0.654. The number of methoxy groups -OCH3 is 1. The maximum atomic E-state index is 13.8. The maximum Gasteiger partial charge on any atom is 0.259 e. The summed E-state index contributed by atoms with van der Waals surface area (Å²) in [6.45, 7) is 3.97. The summed E-state index contributed by atoms with van der Waals surface area (Å²) in [5.74, 6) is -0.135.